The lowest BCUT2D eigenvalue weighted by Gasteiger charge is -2.16. The zero-order valence-electron chi connectivity index (χ0n) is 7.81. The summed E-state index contributed by atoms with van der Waals surface area (Å²) < 4.78 is 0. The first kappa shape index (κ1) is 11.4. The van der Waals surface area contributed by atoms with Gasteiger partial charge in [-0.3, -0.25) is 4.98 Å². The van der Waals surface area contributed by atoms with E-state index < -0.39 is 12.2 Å². The Morgan fingerprint density at radius 2 is 2.29 bits per heavy atom. The molecule has 0 spiro atoms. The first-order valence-corrected chi connectivity index (χ1v) is 4.65. The fraction of sp³-hybridized carbons (Fsp3) is 0.444. The molecule has 0 radical (unpaired) electrons. The molecule has 78 valence electrons. The second-order valence-electron chi connectivity index (χ2n) is 2.97. The first-order valence-electron chi connectivity index (χ1n) is 4.27. The molecule has 2 unspecified atom stereocenters. The van der Waals surface area contributed by atoms with E-state index in [0.717, 1.165) is 0 Å². The molecular formula is C9H13ClN2O2. The highest BCUT2D eigenvalue weighted by Crippen LogP contribution is 2.17. The topological polar surface area (TPSA) is 65.4 Å². The Bertz CT molecular complexity index is 296. The van der Waals surface area contributed by atoms with Crippen LogP contribution in [0.1, 0.15) is 11.8 Å². The molecule has 1 aromatic heterocycles. The van der Waals surface area contributed by atoms with Gasteiger partial charge in [-0.15, -0.1) is 0 Å². The Balaban J connectivity index is 2.73. The van der Waals surface area contributed by atoms with Gasteiger partial charge < -0.3 is 15.5 Å². The highest BCUT2D eigenvalue weighted by atomic mass is 35.5. The summed E-state index contributed by atoms with van der Waals surface area (Å²) in [6.07, 6.45) is -0.403. The van der Waals surface area contributed by atoms with Crippen molar-refractivity contribution in [3.8, 4) is 0 Å². The molecule has 0 aliphatic rings. The van der Waals surface area contributed by atoms with Gasteiger partial charge >= 0.3 is 0 Å². The third-order valence-electron chi connectivity index (χ3n) is 1.82. The van der Waals surface area contributed by atoms with Crippen LogP contribution in [0, 0.1) is 0 Å². The van der Waals surface area contributed by atoms with Gasteiger partial charge in [0.05, 0.1) is 11.8 Å². The van der Waals surface area contributed by atoms with Gasteiger partial charge in [0.2, 0.25) is 0 Å². The molecule has 4 nitrogen and oxygen atoms in total. The predicted octanol–water partition coefficient (Wildman–Crippen LogP) is 0.349. The number of likely N-dealkylation sites (N-methyl/N-ethyl adjacent to an activating group) is 1. The zero-order chi connectivity index (χ0) is 10.6. The van der Waals surface area contributed by atoms with Gasteiger partial charge in [0.25, 0.3) is 0 Å². The van der Waals surface area contributed by atoms with Crippen molar-refractivity contribution >= 4 is 11.6 Å². The number of pyridine rings is 1. The molecule has 0 bridgehead atoms. The van der Waals surface area contributed by atoms with Gasteiger partial charge in [-0.25, -0.2) is 0 Å². The Hall–Kier alpha value is -0.680. The van der Waals surface area contributed by atoms with Crippen molar-refractivity contribution in [2.45, 2.75) is 12.2 Å². The Morgan fingerprint density at radius 3 is 2.86 bits per heavy atom. The lowest BCUT2D eigenvalue weighted by atomic mass is 10.1. The highest BCUT2D eigenvalue weighted by Gasteiger charge is 2.18. The maximum absolute atomic E-state index is 9.63. The smallest absolute Gasteiger partial charge is 0.123 e. The van der Waals surface area contributed by atoms with E-state index in [4.69, 9.17) is 11.6 Å². The SMILES string of the molecule is CNCC(O)C(O)c1cc(Cl)ccn1. The van der Waals surface area contributed by atoms with E-state index in [2.05, 4.69) is 10.3 Å². The number of hydrogen-bond acceptors (Lipinski definition) is 4. The van der Waals surface area contributed by atoms with Crippen LogP contribution in [0.2, 0.25) is 5.02 Å². The van der Waals surface area contributed by atoms with Crippen molar-refractivity contribution in [2.75, 3.05) is 13.6 Å². The summed E-state index contributed by atoms with van der Waals surface area (Å²) in [6, 6.07) is 3.15. The van der Waals surface area contributed by atoms with Gasteiger partial charge in [0.15, 0.2) is 0 Å². The number of hydrogen-bond donors (Lipinski definition) is 3. The van der Waals surface area contributed by atoms with Crippen LogP contribution in [-0.4, -0.2) is 34.9 Å². The zero-order valence-corrected chi connectivity index (χ0v) is 8.57. The number of rotatable bonds is 4. The van der Waals surface area contributed by atoms with Gasteiger partial charge in [-0.1, -0.05) is 11.6 Å². The summed E-state index contributed by atoms with van der Waals surface area (Å²) in [4.78, 5) is 3.92. The molecule has 5 heteroatoms. The van der Waals surface area contributed by atoms with Crippen LogP contribution in [0.5, 0.6) is 0 Å². The van der Waals surface area contributed by atoms with Crippen LogP contribution in [0.15, 0.2) is 18.3 Å². The molecular weight excluding hydrogens is 204 g/mol. The maximum Gasteiger partial charge on any atom is 0.123 e. The van der Waals surface area contributed by atoms with Crippen LogP contribution in [0.4, 0.5) is 0 Å². The number of halogens is 1. The molecule has 0 saturated heterocycles. The van der Waals surface area contributed by atoms with E-state index in [1.54, 1.807) is 13.1 Å². The minimum atomic E-state index is -1.01. The Kier molecular flexibility index (Phi) is 4.28. The van der Waals surface area contributed by atoms with Gasteiger partial charge in [0, 0.05) is 17.8 Å². The Labute approximate surface area is 87.6 Å². The van der Waals surface area contributed by atoms with E-state index >= 15 is 0 Å². The van der Waals surface area contributed by atoms with Gasteiger partial charge in [-0.05, 0) is 19.2 Å². The fourth-order valence-corrected chi connectivity index (χ4v) is 1.27. The molecule has 2 atom stereocenters. The van der Waals surface area contributed by atoms with Crippen molar-refractivity contribution in [3.05, 3.63) is 29.0 Å². The van der Waals surface area contributed by atoms with Crippen molar-refractivity contribution in [3.63, 3.8) is 0 Å². The van der Waals surface area contributed by atoms with E-state index in [1.807, 2.05) is 0 Å². The lowest BCUT2D eigenvalue weighted by molar-refractivity contribution is 0.0177. The molecule has 0 saturated carbocycles. The van der Waals surface area contributed by atoms with E-state index in [0.29, 0.717) is 17.3 Å². The molecule has 0 fully saturated rings. The average molecular weight is 217 g/mol. The van der Waals surface area contributed by atoms with Crippen LogP contribution in [-0.2, 0) is 0 Å². The molecule has 0 aliphatic heterocycles. The minimum absolute atomic E-state index is 0.301. The third-order valence-corrected chi connectivity index (χ3v) is 2.06. The highest BCUT2D eigenvalue weighted by molar-refractivity contribution is 6.30. The summed E-state index contributed by atoms with van der Waals surface area (Å²) in [6.45, 7) is 0.301. The quantitative estimate of drug-likeness (QED) is 0.680. The number of nitrogens with one attached hydrogen (secondary N) is 1. The summed E-state index contributed by atoms with van der Waals surface area (Å²) in [7, 11) is 1.70. The number of aliphatic hydroxyl groups is 2. The third kappa shape index (κ3) is 2.92. The molecule has 1 rings (SSSR count). The second-order valence-corrected chi connectivity index (χ2v) is 3.41. The minimum Gasteiger partial charge on any atom is -0.389 e. The van der Waals surface area contributed by atoms with Crippen molar-refractivity contribution in [1.29, 1.82) is 0 Å². The number of aliphatic hydroxyl groups excluding tert-OH is 2. The summed E-state index contributed by atoms with van der Waals surface area (Å²) in [5.74, 6) is 0. The standard InChI is InChI=1S/C9H13ClN2O2/c1-11-5-8(13)9(14)7-4-6(10)2-3-12-7/h2-4,8-9,11,13-14H,5H2,1H3. The van der Waals surface area contributed by atoms with E-state index in [1.165, 1.54) is 12.3 Å². The van der Waals surface area contributed by atoms with E-state index in [-0.39, 0.29) is 0 Å². The second kappa shape index (κ2) is 5.26. The van der Waals surface area contributed by atoms with Crippen LogP contribution in [0.25, 0.3) is 0 Å². The van der Waals surface area contributed by atoms with Crippen LogP contribution < -0.4 is 5.32 Å². The maximum atomic E-state index is 9.63. The molecule has 1 heterocycles. The van der Waals surface area contributed by atoms with Crippen molar-refractivity contribution < 1.29 is 10.2 Å². The first-order chi connectivity index (χ1) is 6.65. The molecule has 0 aromatic carbocycles. The van der Waals surface area contributed by atoms with Gasteiger partial charge in [-0.2, -0.15) is 0 Å². The normalized spacial score (nSPS) is 15.1. The van der Waals surface area contributed by atoms with Gasteiger partial charge in [0.1, 0.15) is 6.10 Å². The summed E-state index contributed by atoms with van der Waals surface area (Å²) in [5.41, 5.74) is 0.375. The largest absolute Gasteiger partial charge is 0.389 e. The molecule has 14 heavy (non-hydrogen) atoms. The van der Waals surface area contributed by atoms with Crippen molar-refractivity contribution in [1.82, 2.24) is 10.3 Å². The molecule has 0 amide bonds. The molecule has 0 aliphatic carbocycles. The van der Waals surface area contributed by atoms with Crippen LogP contribution in [0.3, 0.4) is 0 Å². The van der Waals surface area contributed by atoms with Crippen molar-refractivity contribution in [2.24, 2.45) is 0 Å². The predicted molar refractivity (Wildman–Crippen MR) is 54.1 cm³/mol. The summed E-state index contributed by atoms with van der Waals surface area (Å²) in [5, 5.41) is 22.4. The number of nitrogens with zero attached hydrogens (tertiary/aromatic N) is 1. The summed E-state index contributed by atoms with van der Waals surface area (Å²) >= 11 is 5.72. The monoisotopic (exact) mass is 216 g/mol. The number of aromatic nitrogens is 1. The van der Waals surface area contributed by atoms with Crippen LogP contribution >= 0.6 is 11.6 Å². The average Bonchev–Trinajstić information content (AvgIpc) is 2.17. The molecule has 1 aromatic rings. The molecule has 3 N–H and O–H groups in total. The fourth-order valence-electron chi connectivity index (χ4n) is 1.10. The lowest BCUT2D eigenvalue weighted by Crippen LogP contribution is -2.30. The van der Waals surface area contributed by atoms with E-state index in [9.17, 15) is 10.2 Å². The Morgan fingerprint density at radius 1 is 1.57 bits per heavy atom.